The highest BCUT2D eigenvalue weighted by atomic mass is 16.3. The Morgan fingerprint density at radius 2 is 0.375 bits per heavy atom. The van der Waals surface area contributed by atoms with Crippen LogP contribution >= 0.6 is 0 Å². The van der Waals surface area contributed by atoms with Crippen LogP contribution in [0.1, 0.15) is 70.2 Å². The Balaban J connectivity index is 1.14. The lowest BCUT2D eigenvalue weighted by atomic mass is 9.76. The summed E-state index contributed by atoms with van der Waals surface area (Å²) < 4.78 is 0. The largest absolute Gasteiger partial charge is 0.380 e. The van der Waals surface area contributed by atoms with Crippen molar-refractivity contribution < 1.29 is 10.2 Å². The summed E-state index contributed by atoms with van der Waals surface area (Å²) in [5.74, 6) is 0. The van der Waals surface area contributed by atoms with Crippen LogP contribution in [0.4, 0.5) is 0 Å². The molecular formula is C62H50O2. The van der Waals surface area contributed by atoms with Crippen molar-refractivity contribution in [2.45, 2.75) is 36.9 Å². The van der Waals surface area contributed by atoms with E-state index in [0.717, 1.165) is 89.1 Å². The van der Waals surface area contributed by atoms with Crippen LogP contribution in [0, 0.1) is 0 Å². The van der Waals surface area contributed by atoms with E-state index in [-0.39, 0.29) is 0 Å². The van der Waals surface area contributed by atoms with Gasteiger partial charge >= 0.3 is 0 Å². The third kappa shape index (κ3) is 7.41. The topological polar surface area (TPSA) is 40.5 Å². The average molecular weight is 827 g/mol. The minimum atomic E-state index is -1.38. The summed E-state index contributed by atoms with van der Waals surface area (Å²) >= 11 is 0. The minimum Gasteiger partial charge on any atom is -0.380 e. The molecule has 2 heteroatoms. The van der Waals surface area contributed by atoms with E-state index in [4.69, 9.17) is 0 Å². The van der Waals surface area contributed by atoms with E-state index in [1.54, 1.807) is 0 Å². The van der Waals surface area contributed by atoms with E-state index in [1.165, 1.54) is 0 Å². The lowest BCUT2D eigenvalue weighted by Gasteiger charge is -2.34. The molecular weight excluding hydrogens is 777 g/mol. The molecule has 2 aliphatic rings. The zero-order valence-electron chi connectivity index (χ0n) is 35.8. The molecule has 0 saturated heterocycles. The number of aliphatic hydroxyl groups is 2. The van der Waals surface area contributed by atoms with Gasteiger partial charge in [-0.05, 0) is 92.5 Å². The lowest BCUT2D eigenvalue weighted by molar-refractivity contribution is 0.135. The van der Waals surface area contributed by atoms with E-state index < -0.39 is 11.2 Å². The molecule has 0 heterocycles. The monoisotopic (exact) mass is 826 g/mol. The fourth-order valence-corrected chi connectivity index (χ4v) is 10.4. The number of hydrogen-bond donors (Lipinski definition) is 2. The number of allylic oxidation sites excluding steroid dienone is 4. The number of benzene rings is 8. The Bertz CT molecular complexity index is 2580. The number of rotatable bonds is 13. The van der Waals surface area contributed by atoms with Crippen molar-refractivity contribution in [3.05, 3.63) is 287 Å². The molecule has 2 aliphatic carbocycles. The molecule has 0 radical (unpaired) electrons. The zero-order chi connectivity index (χ0) is 43.4. The van der Waals surface area contributed by atoms with Gasteiger partial charge in [-0.25, -0.2) is 0 Å². The molecule has 0 bridgehead atoms. The van der Waals surface area contributed by atoms with Crippen LogP contribution in [0.3, 0.4) is 0 Å². The van der Waals surface area contributed by atoms with E-state index in [9.17, 15) is 10.2 Å². The molecule has 8 aromatic rings. The third-order valence-corrected chi connectivity index (χ3v) is 13.0. The molecule has 0 amide bonds. The average Bonchev–Trinajstić information content (AvgIpc) is 3.81. The predicted octanol–water partition coefficient (Wildman–Crippen LogP) is 14.5. The predicted molar refractivity (Wildman–Crippen MR) is 267 cm³/mol. The van der Waals surface area contributed by atoms with Gasteiger partial charge in [0.05, 0.1) is 0 Å². The van der Waals surface area contributed by atoms with Crippen molar-refractivity contribution in [2.24, 2.45) is 0 Å². The minimum absolute atomic E-state index is 0.441. The van der Waals surface area contributed by atoms with E-state index in [0.29, 0.717) is 25.7 Å². The molecule has 0 unspecified atom stereocenters. The Hall–Kier alpha value is -7.36. The molecule has 2 N–H and O–H groups in total. The van der Waals surface area contributed by atoms with Gasteiger partial charge in [0.15, 0.2) is 0 Å². The fourth-order valence-electron chi connectivity index (χ4n) is 10.4. The van der Waals surface area contributed by atoms with Gasteiger partial charge in [-0.3, -0.25) is 0 Å². The van der Waals surface area contributed by atoms with Gasteiger partial charge < -0.3 is 10.2 Å². The third-order valence-electron chi connectivity index (χ3n) is 13.0. The second-order valence-electron chi connectivity index (χ2n) is 16.9. The quantitative estimate of drug-likeness (QED) is 0.114. The Morgan fingerprint density at radius 3 is 0.547 bits per heavy atom. The fraction of sp³-hybridized carbons (Fsp3) is 0.0968. The molecule has 10 rings (SSSR count). The highest BCUT2D eigenvalue weighted by Gasteiger charge is 2.49. The number of unbranched alkanes of at least 4 members (excludes halogenated alkanes) is 1. The molecule has 0 aromatic heterocycles. The van der Waals surface area contributed by atoms with Crippen molar-refractivity contribution in [2.75, 3.05) is 0 Å². The van der Waals surface area contributed by atoms with Crippen molar-refractivity contribution in [1.82, 2.24) is 0 Å². The van der Waals surface area contributed by atoms with Crippen molar-refractivity contribution in [3.63, 3.8) is 0 Å². The summed E-state index contributed by atoms with van der Waals surface area (Å²) in [7, 11) is 0. The van der Waals surface area contributed by atoms with E-state index in [1.807, 2.05) is 48.5 Å². The first-order chi connectivity index (χ1) is 31.6. The summed E-state index contributed by atoms with van der Waals surface area (Å²) in [4.78, 5) is 0. The highest BCUT2D eigenvalue weighted by Crippen LogP contribution is 2.60. The SMILES string of the molecule is OC1(CCCCC2(O)C(c3ccccc3)=C(c3ccccc3)C(c3ccccc3)=C2c2ccccc2)C(c2ccccc2)=C(c2ccccc2)C(c2ccccc2)=C1c1ccccc1. The summed E-state index contributed by atoms with van der Waals surface area (Å²) in [6.07, 6.45) is 2.16. The molecule has 0 fully saturated rings. The van der Waals surface area contributed by atoms with Crippen molar-refractivity contribution >= 4 is 44.6 Å². The second kappa shape index (κ2) is 17.8. The first kappa shape index (κ1) is 40.7. The molecule has 0 saturated carbocycles. The van der Waals surface area contributed by atoms with Gasteiger partial charge in [-0.2, -0.15) is 0 Å². The van der Waals surface area contributed by atoms with Gasteiger partial charge in [0, 0.05) is 22.3 Å². The van der Waals surface area contributed by atoms with Gasteiger partial charge in [-0.15, -0.1) is 0 Å². The number of hydrogen-bond acceptors (Lipinski definition) is 2. The van der Waals surface area contributed by atoms with Crippen LogP contribution in [-0.2, 0) is 0 Å². The van der Waals surface area contributed by atoms with Crippen LogP contribution in [0.5, 0.6) is 0 Å². The molecule has 0 aliphatic heterocycles. The first-order valence-corrected chi connectivity index (χ1v) is 22.4. The first-order valence-electron chi connectivity index (χ1n) is 22.4. The lowest BCUT2D eigenvalue weighted by Crippen LogP contribution is -2.32. The van der Waals surface area contributed by atoms with Crippen molar-refractivity contribution in [3.8, 4) is 0 Å². The van der Waals surface area contributed by atoms with Gasteiger partial charge in [-0.1, -0.05) is 243 Å². The molecule has 310 valence electrons. The van der Waals surface area contributed by atoms with E-state index >= 15 is 0 Å². The molecule has 64 heavy (non-hydrogen) atoms. The van der Waals surface area contributed by atoms with E-state index in [2.05, 4.69) is 194 Å². The molecule has 2 nitrogen and oxygen atoms in total. The maximum Gasteiger partial charge on any atom is 0.117 e. The van der Waals surface area contributed by atoms with Crippen LogP contribution in [0.2, 0.25) is 0 Å². The maximum absolute atomic E-state index is 14.0. The van der Waals surface area contributed by atoms with Gasteiger partial charge in [0.1, 0.15) is 11.2 Å². The van der Waals surface area contributed by atoms with Crippen LogP contribution in [-0.4, -0.2) is 21.4 Å². The standard InChI is InChI=1S/C62H50O2/c63-61(57(49-35-17-5-18-36-49)53(45-27-9-1-10-28-45)54(46-29-11-2-12-30-46)58(61)50-37-19-6-20-38-50)43-25-26-44-62(64)59(51-39-21-7-22-40-51)55(47-31-13-3-14-32-47)56(48-33-15-4-16-34-48)60(62)52-41-23-8-24-42-52/h1-24,27-42,63-64H,25-26,43-44H2. The normalized spacial score (nSPS) is 15.6. The summed E-state index contributed by atoms with van der Waals surface area (Å²) in [5.41, 5.74) is 13.2. The Morgan fingerprint density at radius 1 is 0.219 bits per heavy atom. The van der Waals surface area contributed by atoms with Gasteiger partial charge in [0.25, 0.3) is 0 Å². The zero-order valence-corrected chi connectivity index (χ0v) is 35.8. The summed E-state index contributed by atoms with van der Waals surface area (Å²) in [5, 5.41) is 28.0. The Kier molecular flexibility index (Phi) is 11.3. The van der Waals surface area contributed by atoms with Crippen molar-refractivity contribution in [1.29, 1.82) is 0 Å². The Labute approximate surface area is 377 Å². The molecule has 8 aromatic carbocycles. The second-order valence-corrected chi connectivity index (χ2v) is 16.9. The van der Waals surface area contributed by atoms with Crippen LogP contribution in [0.25, 0.3) is 44.6 Å². The molecule has 0 atom stereocenters. The smallest absolute Gasteiger partial charge is 0.117 e. The molecule has 0 spiro atoms. The summed E-state index contributed by atoms with van der Waals surface area (Å²) in [6.45, 7) is 0. The summed E-state index contributed by atoms with van der Waals surface area (Å²) in [6, 6.07) is 83.8. The van der Waals surface area contributed by atoms with Gasteiger partial charge in [0.2, 0.25) is 0 Å². The highest BCUT2D eigenvalue weighted by molar-refractivity contribution is 6.32. The van der Waals surface area contributed by atoms with Crippen LogP contribution < -0.4 is 0 Å². The maximum atomic E-state index is 14.0. The van der Waals surface area contributed by atoms with Crippen LogP contribution in [0.15, 0.2) is 243 Å².